The molecule has 1 amide bonds. The molecule has 2 aliphatic rings. The predicted molar refractivity (Wildman–Crippen MR) is 97.8 cm³/mol. The van der Waals surface area contributed by atoms with Gasteiger partial charge >= 0.3 is 0 Å². The first-order valence-corrected chi connectivity index (χ1v) is 9.31. The fourth-order valence-corrected chi connectivity index (χ4v) is 3.69. The normalized spacial score (nSPS) is 17.8. The van der Waals surface area contributed by atoms with E-state index in [1.807, 2.05) is 17.0 Å². The van der Waals surface area contributed by atoms with Gasteiger partial charge in [-0.3, -0.25) is 9.69 Å². The number of aromatic amines is 1. The smallest absolute Gasteiger partial charge is 0.237 e. The molecule has 2 aromatic heterocycles. The molecule has 138 valence electrons. The number of fused-ring (bicyclic) bond motifs is 1. The van der Waals surface area contributed by atoms with Crippen LogP contribution in [0.1, 0.15) is 30.7 Å². The minimum atomic E-state index is 0.222. The predicted octanol–water partition coefficient (Wildman–Crippen LogP) is 1.85. The molecule has 1 fully saturated rings. The van der Waals surface area contributed by atoms with Gasteiger partial charge in [0.05, 0.1) is 31.6 Å². The van der Waals surface area contributed by atoms with Crippen LogP contribution in [0.25, 0.3) is 11.4 Å². The Kier molecular flexibility index (Phi) is 4.88. The van der Waals surface area contributed by atoms with E-state index in [0.29, 0.717) is 19.0 Å². The SMILES string of the molecule is COc1ccc(-c2nc3c([nH]2)CN(C(=O)CN2CCCCC2)CC3)cn1. The molecule has 0 unspecified atom stereocenters. The van der Waals surface area contributed by atoms with Crippen molar-refractivity contribution in [3.05, 3.63) is 29.7 Å². The summed E-state index contributed by atoms with van der Waals surface area (Å²) in [7, 11) is 1.60. The third-order valence-electron chi connectivity index (χ3n) is 5.21. The van der Waals surface area contributed by atoms with Gasteiger partial charge in [0.15, 0.2) is 0 Å². The average molecular weight is 355 g/mol. The molecule has 0 spiro atoms. The first-order valence-electron chi connectivity index (χ1n) is 9.31. The molecule has 0 atom stereocenters. The molecule has 7 heteroatoms. The Bertz CT molecular complexity index is 765. The van der Waals surface area contributed by atoms with Crippen molar-refractivity contribution < 1.29 is 9.53 Å². The van der Waals surface area contributed by atoms with Crippen LogP contribution in [0, 0.1) is 0 Å². The molecule has 0 aromatic carbocycles. The number of piperidine rings is 1. The summed E-state index contributed by atoms with van der Waals surface area (Å²) < 4.78 is 5.10. The van der Waals surface area contributed by atoms with Crippen molar-refractivity contribution in [1.82, 2.24) is 24.8 Å². The summed E-state index contributed by atoms with van der Waals surface area (Å²) in [5.41, 5.74) is 3.01. The maximum Gasteiger partial charge on any atom is 0.237 e. The van der Waals surface area contributed by atoms with Crippen LogP contribution in [0.15, 0.2) is 18.3 Å². The number of hydrogen-bond acceptors (Lipinski definition) is 5. The molecule has 0 aliphatic carbocycles. The molecule has 0 saturated carbocycles. The molecule has 2 aromatic rings. The van der Waals surface area contributed by atoms with Crippen LogP contribution in [0.4, 0.5) is 0 Å². The topological polar surface area (TPSA) is 74.3 Å². The summed E-state index contributed by atoms with van der Waals surface area (Å²) in [4.78, 5) is 29.2. The Morgan fingerprint density at radius 3 is 2.81 bits per heavy atom. The van der Waals surface area contributed by atoms with Gasteiger partial charge in [-0.25, -0.2) is 9.97 Å². The van der Waals surface area contributed by atoms with E-state index in [9.17, 15) is 4.79 Å². The monoisotopic (exact) mass is 355 g/mol. The van der Waals surface area contributed by atoms with Crippen LogP contribution < -0.4 is 4.74 Å². The summed E-state index contributed by atoms with van der Waals surface area (Å²) in [6.45, 7) is 3.98. The van der Waals surface area contributed by atoms with Crippen LogP contribution >= 0.6 is 0 Å². The molecule has 0 radical (unpaired) electrons. The third kappa shape index (κ3) is 3.58. The molecule has 26 heavy (non-hydrogen) atoms. The number of pyridine rings is 1. The highest BCUT2D eigenvalue weighted by Gasteiger charge is 2.25. The zero-order valence-corrected chi connectivity index (χ0v) is 15.2. The zero-order valence-electron chi connectivity index (χ0n) is 15.2. The second-order valence-corrected chi connectivity index (χ2v) is 7.00. The maximum atomic E-state index is 12.6. The highest BCUT2D eigenvalue weighted by atomic mass is 16.5. The third-order valence-corrected chi connectivity index (χ3v) is 5.21. The van der Waals surface area contributed by atoms with E-state index >= 15 is 0 Å². The molecule has 4 heterocycles. The molecule has 4 rings (SSSR count). The number of carbonyl (C=O) groups is 1. The summed E-state index contributed by atoms with van der Waals surface area (Å²) >= 11 is 0. The van der Waals surface area contributed by atoms with Crippen molar-refractivity contribution >= 4 is 5.91 Å². The van der Waals surface area contributed by atoms with Gasteiger partial charge < -0.3 is 14.6 Å². The second kappa shape index (κ2) is 7.45. The Morgan fingerprint density at radius 1 is 1.23 bits per heavy atom. The lowest BCUT2D eigenvalue weighted by Crippen LogP contribution is -2.44. The molecular formula is C19H25N5O2. The number of hydrogen-bond donors (Lipinski definition) is 1. The lowest BCUT2D eigenvalue weighted by molar-refractivity contribution is -0.133. The summed E-state index contributed by atoms with van der Waals surface area (Å²) in [5, 5.41) is 0. The molecule has 2 aliphatic heterocycles. The van der Waals surface area contributed by atoms with Gasteiger partial charge in [0.2, 0.25) is 11.8 Å². The molecule has 1 N–H and O–H groups in total. The minimum Gasteiger partial charge on any atom is -0.481 e. The van der Waals surface area contributed by atoms with Crippen molar-refractivity contribution in [2.75, 3.05) is 33.3 Å². The Labute approximate surface area is 153 Å². The summed E-state index contributed by atoms with van der Waals surface area (Å²) in [6, 6.07) is 3.76. The lowest BCUT2D eigenvalue weighted by Gasteiger charge is -2.31. The number of H-pyrrole nitrogens is 1. The van der Waals surface area contributed by atoms with Gasteiger partial charge in [0, 0.05) is 30.8 Å². The number of likely N-dealkylation sites (tertiary alicyclic amines) is 1. The molecule has 0 bridgehead atoms. The fraction of sp³-hybridized carbons (Fsp3) is 0.526. The van der Waals surface area contributed by atoms with E-state index < -0.39 is 0 Å². The zero-order chi connectivity index (χ0) is 17.9. The molecule has 7 nitrogen and oxygen atoms in total. The fourth-order valence-electron chi connectivity index (χ4n) is 3.69. The highest BCUT2D eigenvalue weighted by Crippen LogP contribution is 2.23. The number of nitrogens with one attached hydrogen (secondary N) is 1. The van der Waals surface area contributed by atoms with Gasteiger partial charge in [0.25, 0.3) is 0 Å². The van der Waals surface area contributed by atoms with Crippen molar-refractivity contribution in [3.63, 3.8) is 0 Å². The Balaban J connectivity index is 1.43. The van der Waals surface area contributed by atoms with E-state index in [4.69, 9.17) is 9.72 Å². The van der Waals surface area contributed by atoms with E-state index in [1.54, 1.807) is 13.3 Å². The number of aromatic nitrogens is 3. The number of rotatable bonds is 4. The summed E-state index contributed by atoms with van der Waals surface area (Å²) in [6.07, 6.45) is 6.24. The van der Waals surface area contributed by atoms with Gasteiger partial charge in [-0.15, -0.1) is 0 Å². The molecule has 1 saturated heterocycles. The van der Waals surface area contributed by atoms with E-state index in [-0.39, 0.29) is 5.91 Å². The lowest BCUT2D eigenvalue weighted by atomic mass is 10.1. The van der Waals surface area contributed by atoms with Crippen LogP contribution in [0.5, 0.6) is 5.88 Å². The van der Waals surface area contributed by atoms with E-state index in [0.717, 1.165) is 48.8 Å². The number of carbonyl (C=O) groups excluding carboxylic acids is 1. The number of amides is 1. The van der Waals surface area contributed by atoms with E-state index in [2.05, 4.69) is 14.9 Å². The Morgan fingerprint density at radius 2 is 2.08 bits per heavy atom. The summed E-state index contributed by atoms with van der Waals surface area (Å²) in [5.74, 6) is 1.61. The average Bonchev–Trinajstić information content (AvgIpc) is 3.12. The molecular weight excluding hydrogens is 330 g/mol. The van der Waals surface area contributed by atoms with Crippen molar-refractivity contribution in [2.24, 2.45) is 0 Å². The second-order valence-electron chi connectivity index (χ2n) is 7.00. The quantitative estimate of drug-likeness (QED) is 0.906. The maximum absolute atomic E-state index is 12.6. The standard InChI is InChI=1S/C19H25N5O2/c1-26-17-6-5-14(11-20-17)19-21-15-7-10-24(12-16(15)22-19)18(25)13-23-8-3-2-4-9-23/h5-6,11H,2-4,7-10,12-13H2,1H3,(H,21,22). The number of ether oxygens (including phenoxy) is 1. The Hall–Kier alpha value is -2.41. The van der Waals surface area contributed by atoms with Gasteiger partial charge in [-0.1, -0.05) is 6.42 Å². The van der Waals surface area contributed by atoms with Gasteiger partial charge in [-0.2, -0.15) is 0 Å². The van der Waals surface area contributed by atoms with Crippen molar-refractivity contribution in [1.29, 1.82) is 0 Å². The van der Waals surface area contributed by atoms with Crippen LogP contribution in [-0.2, 0) is 17.8 Å². The van der Waals surface area contributed by atoms with Crippen molar-refractivity contribution in [3.8, 4) is 17.3 Å². The van der Waals surface area contributed by atoms with Crippen LogP contribution in [-0.4, -0.2) is 63.9 Å². The van der Waals surface area contributed by atoms with E-state index in [1.165, 1.54) is 19.3 Å². The highest BCUT2D eigenvalue weighted by molar-refractivity contribution is 5.78. The first kappa shape index (κ1) is 17.0. The van der Waals surface area contributed by atoms with Crippen molar-refractivity contribution in [2.45, 2.75) is 32.2 Å². The van der Waals surface area contributed by atoms with Crippen LogP contribution in [0.2, 0.25) is 0 Å². The van der Waals surface area contributed by atoms with Gasteiger partial charge in [-0.05, 0) is 32.0 Å². The number of nitrogens with zero attached hydrogens (tertiary/aromatic N) is 4. The van der Waals surface area contributed by atoms with Crippen LogP contribution in [0.3, 0.4) is 0 Å². The largest absolute Gasteiger partial charge is 0.481 e. The van der Waals surface area contributed by atoms with Gasteiger partial charge in [0.1, 0.15) is 5.82 Å². The number of methoxy groups -OCH3 is 1. The number of imidazole rings is 1. The minimum absolute atomic E-state index is 0.222. The first-order chi connectivity index (χ1) is 12.7.